The van der Waals surface area contributed by atoms with Crippen LogP contribution in [0.4, 0.5) is 0 Å². The van der Waals surface area contributed by atoms with E-state index in [0.717, 1.165) is 10.6 Å². The highest BCUT2D eigenvalue weighted by atomic mass is 32.1. The van der Waals surface area contributed by atoms with Crippen LogP contribution in [-0.4, -0.2) is 37.3 Å². The minimum atomic E-state index is -0.540. The number of hydrogen-bond acceptors (Lipinski definition) is 5. The molecular weight excluding hydrogens is 300 g/mol. The molecule has 0 fully saturated rings. The second-order valence-electron chi connectivity index (χ2n) is 4.73. The molecule has 1 aromatic carbocycles. The van der Waals surface area contributed by atoms with Gasteiger partial charge in [0, 0.05) is 18.7 Å². The normalized spacial score (nSPS) is 13.5. The lowest BCUT2D eigenvalue weighted by Crippen LogP contribution is -2.38. The van der Waals surface area contributed by atoms with Crippen LogP contribution >= 0.6 is 11.3 Å². The van der Waals surface area contributed by atoms with Gasteiger partial charge in [-0.3, -0.25) is 4.79 Å². The Balaban J connectivity index is 2.06. The molecule has 0 aliphatic carbocycles. The van der Waals surface area contributed by atoms with E-state index in [1.54, 1.807) is 20.2 Å². The number of amides is 1. The molecule has 0 aliphatic heterocycles. The lowest BCUT2D eigenvalue weighted by atomic mass is 10.1. The molecule has 6 heteroatoms. The Morgan fingerprint density at radius 3 is 2.73 bits per heavy atom. The Bertz CT molecular complexity index is 560. The summed E-state index contributed by atoms with van der Waals surface area (Å²) in [6.07, 6.45) is 1.20. The molecular formula is C16H20N2O3S. The second kappa shape index (κ2) is 8.63. The van der Waals surface area contributed by atoms with Gasteiger partial charge in [0.2, 0.25) is 5.91 Å². The number of rotatable bonds is 8. The smallest absolute Gasteiger partial charge is 0.249 e. The van der Waals surface area contributed by atoms with E-state index < -0.39 is 6.10 Å². The maximum atomic E-state index is 12.3. The maximum Gasteiger partial charge on any atom is 0.249 e. The maximum absolute atomic E-state index is 12.3. The van der Waals surface area contributed by atoms with Gasteiger partial charge in [-0.1, -0.05) is 30.3 Å². The highest BCUT2D eigenvalue weighted by molar-refractivity contribution is 7.09. The van der Waals surface area contributed by atoms with Crippen molar-refractivity contribution in [2.45, 2.75) is 19.1 Å². The van der Waals surface area contributed by atoms with Crippen molar-refractivity contribution in [3.05, 3.63) is 52.5 Å². The average molecular weight is 320 g/mol. The van der Waals surface area contributed by atoms with E-state index >= 15 is 0 Å². The lowest BCUT2D eigenvalue weighted by Gasteiger charge is -2.20. The van der Waals surface area contributed by atoms with Crippen LogP contribution in [0.5, 0.6) is 0 Å². The summed E-state index contributed by atoms with van der Waals surface area (Å²) in [5.41, 5.74) is 0.995. The van der Waals surface area contributed by atoms with E-state index in [1.165, 1.54) is 11.3 Å². The number of nitrogens with one attached hydrogen (secondary N) is 1. The fourth-order valence-electron chi connectivity index (χ4n) is 1.95. The number of methoxy groups -OCH3 is 1. The van der Waals surface area contributed by atoms with Crippen molar-refractivity contribution < 1.29 is 14.3 Å². The van der Waals surface area contributed by atoms with Crippen molar-refractivity contribution >= 4 is 17.2 Å². The Labute approximate surface area is 134 Å². The van der Waals surface area contributed by atoms with Gasteiger partial charge in [-0.05, 0) is 12.5 Å². The van der Waals surface area contributed by atoms with Crippen LogP contribution in [0.2, 0.25) is 0 Å². The molecule has 1 aromatic heterocycles. The van der Waals surface area contributed by atoms with Crippen molar-refractivity contribution in [2.24, 2.45) is 0 Å². The standard InChI is InChI=1S/C16H20N2O3S/c1-12(21-10-9-20-2)15(19)18-14(16-17-8-11-22-16)13-6-4-3-5-7-13/h3-8,11-12,14H,9-10H2,1-2H3,(H,18,19). The van der Waals surface area contributed by atoms with E-state index in [1.807, 2.05) is 35.7 Å². The van der Waals surface area contributed by atoms with Gasteiger partial charge in [0.15, 0.2) is 0 Å². The largest absolute Gasteiger partial charge is 0.382 e. The summed E-state index contributed by atoms with van der Waals surface area (Å²) in [6.45, 7) is 2.58. The number of thiazole rings is 1. The first-order valence-corrected chi connectivity index (χ1v) is 7.95. The summed E-state index contributed by atoms with van der Waals surface area (Å²) in [5, 5.41) is 5.75. The third kappa shape index (κ3) is 4.62. The van der Waals surface area contributed by atoms with Gasteiger partial charge in [-0.25, -0.2) is 4.98 Å². The molecule has 2 aromatic rings. The zero-order chi connectivity index (χ0) is 15.8. The molecule has 0 aliphatic rings. The molecule has 1 amide bonds. The Hall–Kier alpha value is -1.76. The summed E-state index contributed by atoms with van der Waals surface area (Å²) in [6, 6.07) is 9.52. The highest BCUT2D eigenvalue weighted by Crippen LogP contribution is 2.23. The van der Waals surface area contributed by atoms with E-state index in [-0.39, 0.29) is 11.9 Å². The lowest BCUT2D eigenvalue weighted by molar-refractivity contribution is -0.133. The third-order valence-electron chi connectivity index (χ3n) is 3.14. The average Bonchev–Trinajstić information content (AvgIpc) is 3.07. The second-order valence-corrected chi connectivity index (χ2v) is 5.65. The Morgan fingerprint density at radius 1 is 1.32 bits per heavy atom. The molecule has 1 heterocycles. The Kier molecular flexibility index (Phi) is 6.51. The van der Waals surface area contributed by atoms with E-state index in [9.17, 15) is 4.79 Å². The van der Waals surface area contributed by atoms with Crippen LogP contribution < -0.4 is 5.32 Å². The molecule has 0 saturated carbocycles. The van der Waals surface area contributed by atoms with Gasteiger partial charge >= 0.3 is 0 Å². The Morgan fingerprint density at radius 2 is 2.09 bits per heavy atom. The van der Waals surface area contributed by atoms with Crippen LogP contribution in [0.1, 0.15) is 23.5 Å². The van der Waals surface area contributed by atoms with Crippen molar-refractivity contribution in [1.29, 1.82) is 0 Å². The van der Waals surface area contributed by atoms with E-state index in [0.29, 0.717) is 13.2 Å². The molecule has 1 N–H and O–H groups in total. The summed E-state index contributed by atoms with van der Waals surface area (Å²) >= 11 is 1.51. The van der Waals surface area contributed by atoms with Gasteiger partial charge in [-0.15, -0.1) is 11.3 Å². The zero-order valence-corrected chi connectivity index (χ0v) is 13.5. The molecule has 2 unspecified atom stereocenters. The fraction of sp³-hybridized carbons (Fsp3) is 0.375. The number of ether oxygens (including phenoxy) is 2. The van der Waals surface area contributed by atoms with Gasteiger partial charge in [0.25, 0.3) is 0 Å². The molecule has 2 rings (SSSR count). The summed E-state index contributed by atoms with van der Waals surface area (Å²) < 4.78 is 10.4. The first-order valence-electron chi connectivity index (χ1n) is 7.07. The highest BCUT2D eigenvalue weighted by Gasteiger charge is 2.22. The number of benzene rings is 1. The van der Waals surface area contributed by atoms with Crippen molar-refractivity contribution in [3.8, 4) is 0 Å². The monoisotopic (exact) mass is 320 g/mol. The van der Waals surface area contributed by atoms with Crippen LogP contribution in [0.3, 0.4) is 0 Å². The molecule has 0 radical (unpaired) electrons. The summed E-state index contributed by atoms with van der Waals surface area (Å²) in [7, 11) is 1.60. The SMILES string of the molecule is COCCOC(C)C(=O)NC(c1ccccc1)c1nccs1. The molecule has 118 valence electrons. The summed E-state index contributed by atoms with van der Waals surface area (Å²) in [5.74, 6) is -0.167. The minimum Gasteiger partial charge on any atom is -0.382 e. The van der Waals surface area contributed by atoms with Crippen molar-refractivity contribution in [3.63, 3.8) is 0 Å². The predicted octanol–water partition coefficient (Wildman–Crippen LogP) is 2.40. The molecule has 5 nitrogen and oxygen atoms in total. The molecule has 0 saturated heterocycles. The minimum absolute atomic E-state index is 0.167. The molecule has 0 bridgehead atoms. The summed E-state index contributed by atoms with van der Waals surface area (Å²) in [4.78, 5) is 16.6. The predicted molar refractivity (Wildman–Crippen MR) is 85.8 cm³/mol. The first kappa shape index (κ1) is 16.6. The fourth-order valence-corrected chi connectivity index (χ4v) is 2.67. The number of carbonyl (C=O) groups excluding carboxylic acids is 1. The number of carbonyl (C=O) groups is 1. The third-order valence-corrected chi connectivity index (χ3v) is 3.98. The van der Waals surface area contributed by atoms with Crippen molar-refractivity contribution in [1.82, 2.24) is 10.3 Å². The van der Waals surface area contributed by atoms with Gasteiger partial charge in [0.05, 0.1) is 13.2 Å². The van der Waals surface area contributed by atoms with Gasteiger partial charge in [0.1, 0.15) is 17.2 Å². The quantitative estimate of drug-likeness (QED) is 0.759. The van der Waals surface area contributed by atoms with Crippen LogP contribution in [0.15, 0.2) is 41.9 Å². The topological polar surface area (TPSA) is 60.5 Å². The van der Waals surface area contributed by atoms with Crippen LogP contribution in [-0.2, 0) is 14.3 Å². The van der Waals surface area contributed by atoms with Gasteiger partial charge < -0.3 is 14.8 Å². The van der Waals surface area contributed by atoms with E-state index in [4.69, 9.17) is 9.47 Å². The van der Waals surface area contributed by atoms with Crippen LogP contribution in [0.25, 0.3) is 0 Å². The molecule has 22 heavy (non-hydrogen) atoms. The van der Waals surface area contributed by atoms with Gasteiger partial charge in [-0.2, -0.15) is 0 Å². The molecule has 0 spiro atoms. The number of aromatic nitrogens is 1. The zero-order valence-electron chi connectivity index (χ0n) is 12.7. The number of nitrogens with zero attached hydrogens (tertiary/aromatic N) is 1. The van der Waals surface area contributed by atoms with Crippen LogP contribution in [0, 0.1) is 0 Å². The first-order chi connectivity index (χ1) is 10.7. The van der Waals surface area contributed by atoms with Crippen molar-refractivity contribution in [2.75, 3.05) is 20.3 Å². The number of hydrogen-bond donors (Lipinski definition) is 1. The molecule has 2 atom stereocenters. The van der Waals surface area contributed by atoms with E-state index in [2.05, 4.69) is 10.3 Å².